The van der Waals surface area contributed by atoms with E-state index in [1.54, 1.807) is 0 Å². The Bertz CT molecular complexity index is 2790. The van der Waals surface area contributed by atoms with Crippen LogP contribution in [0.3, 0.4) is 0 Å². The second-order valence-electron chi connectivity index (χ2n) is 12.3. The molecule has 0 amide bonds. The molecule has 0 saturated carbocycles. The molecule has 0 aliphatic carbocycles. The SMILES string of the molecule is c1cc(-c2ccc(-n3c4ccccc4c4ccccc43)cc2)cc(-c2nc3ccccc3c3c4ccccc4c4ccccc4c23)c1. The second kappa shape index (κ2) is 10.1. The molecule has 0 aliphatic heterocycles. The van der Waals surface area contributed by atoms with Crippen LogP contribution in [0.5, 0.6) is 0 Å². The van der Waals surface area contributed by atoms with E-state index in [0.29, 0.717) is 0 Å². The lowest BCUT2D eigenvalue weighted by Crippen LogP contribution is -1.94. The molecule has 2 heteroatoms. The quantitative estimate of drug-likeness (QED) is 0.186. The van der Waals surface area contributed by atoms with Crippen molar-refractivity contribution < 1.29 is 0 Å². The van der Waals surface area contributed by atoms with E-state index in [0.717, 1.165) is 22.5 Å². The van der Waals surface area contributed by atoms with E-state index in [4.69, 9.17) is 4.98 Å². The molecule has 2 aromatic heterocycles. The average Bonchev–Trinajstić information content (AvgIpc) is 3.49. The zero-order valence-corrected chi connectivity index (χ0v) is 25.6. The Morgan fingerprint density at radius 1 is 0.340 bits per heavy atom. The minimum absolute atomic E-state index is 1.01. The van der Waals surface area contributed by atoms with Gasteiger partial charge in [0, 0.05) is 38.2 Å². The van der Waals surface area contributed by atoms with Gasteiger partial charge in [0.25, 0.3) is 0 Å². The summed E-state index contributed by atoms with van der Waals surface area (Å²) in [5.41, 5.74) is 9.09. The van der Waals surface area contributed by atoms with Gasteiger partial charge in [0.05, 0.1) is 22.2 Å². The molecule has 218 valence electrons. The van der Waals surface area contributed by atoms with E-state index < -0.39 is 0 Å². The molecule has 47 heavy (non-hydrogen) atoms. The summed E-state index contributed by atoms with van der Waals surface area (Å²) in [6.07, 6.45) is 0. The first-order valence-electron chi connectivity index (χ1n) is 16.1. The molecule has 2 heterocycles. The third-order valence-electron chi connectivity index (χ3n) is 9.75. The number of hydrogen-bond acceptors (Lipinski definition) is 1. The van der Waals surface area contributed by atoms with Crippen LogP contribution in [0.25, 0.3) is 93.1 Å². The molecule has 0 bridgehead atoms. The van der Waals surface area contributed by atoms with E-state index in [9.17, 15) is 0 Å². The third kappa shape index (κ3) is 3.89. The molecule has 10 rings (SSSR count). The van der Waals surface area contributed by atoms with Crippen molar-refractivity contribution in [3.05, 3.63) is 170 Å². The largest absolute Gasteiger partial charge is 0.309 e. The first-order chi connectivity index (χ1) is 23.3. The van der Waals surface area contributed by atoms with Crippen molar-refractivity contribution in [1.29, 1.82) is 0 Å². The van der Waals surface area contributed by atoms with Gasteiger partial charge in [0.1, 0.15) is 0 Å². The van der Waals surface area contributed by atoms with Crippen LogP contribution in [0.2, 0.25) is 0 Å². The summed E-state index contributed by atoms with van der Waals surface area (Å²) in [6.45, 7) is 0. The van der Waals surface area contributed by atoms with Crippen molar-refractivity contribution >= 4 is 65.0 Å². The van der Waals surface area contributed by atoms with Crippen LogP contribution in [0.15, 0.2) is 170 Å². The molecule has 0 atom stereocenters. The van der Waals surface area contributed by atoms with Gasteiger partial charge in [-0.2, -0.15) is 0 Å². The lowest BCUT2D eigenvalue weighted by atomic mass is 9.89. The van der Waals surface area contributed by atoms with E-state index in [1.807, 2.05) is 0 Å². The molecule has 0 unspecified atom stereocenters. The molecule has 0 fully saturated rings. The van der Waals surface area contributed by atoms with E-state index in [1.165, 1.54) is 70.6 Å². The molecule has 0 saturated heterocycles. The van der Waals surface area contributed by atoms with Gasteiger partial charge >= 0.3 is 0 Å². The molecule has 0 spiro atoms. The van der Waals surface area contributed by atoms with Crippen LogP contribution in [0.1, 0.15) is 0 Å². The zero-order chi connectivity index (χ0) is 30.9. The summed E-state index contributed by atoms with van der Waals surface area (Å²) in [7, 11) is 0. The summed E-state index contributed by atoms with van der Waals surface area (Å²) < 4.78 is 2.37. The van der Waals surface area contributed by atoms with Crippen LogP contribution in [0, 0.1) is 0 Å². The maximum absolute atomic E-state index is 5.37. The molecular formula is C45H28N2. The average molecular weight is 597 g/mol. The summed E-state index contributed by atoms with van der Waals surface area (Å²) in [6, 6.07) is 61.3. The molecule has 8 aromatic carbocycles. The minimum atomic E-state index is 1.01. The topological polar surface area (TPSA) is 17.8 Å². The van der Waals surface area contributed by atoms with Crippen molar-refractivity contribution in [3.8, 4) is 28.1 Å². The monoisotopic (exact) mass is 596 g/mol. The van der Waals surface area contributed by atoms with Gasteiger partial charge in [-0.25, -0.2) is 4.98 Å². The standard InChI is InChI=1S/C45H28N2/c1-3-18-37-33(14-1)34-15-2-4-19-38(34)44-43(37)39-20-5-8-21-40(39)46-45(44)31-13-11-12-30(28-31)29-24-26-32(27-25-29)47-41-22-9-6-16-35(41)36-17-7-10-23-42(36)47/h1-28H. The van der Waals surface area contributed by atoms with Crippen LogP contribution in [0.4, 0.5) is 0 Å². The van der Waals surface area contributed by atoms with Crippen molar-refractivity contribution in [2.24, 2.45) is 0 Å². The molecule has 2 nitrogen and oxygen atoms in total. The van der Waals surface area contributed by atoms with Gasteiger partial charge in [-0.3, -0.25) is 0 Å². The van der Waals surface area contributed by atoms with Crippen molar-refractivity contribution in [1.82, 2.24) is 9.55 Å². The fourth-order valence-electron chi connectivity index (χ4n) is 7.68. The first kappa shape index (κ1) is 26.0. The molecule has 10 aromatic rings. The van der Waals surface area contributed by atoms with Crippen LogP contribution < -0.4 is 0 Å². The van der Waals surface area contributed by atoms with Crippen molar-refractivity contribution in [3.63, 3.8) is 0 Å². The fraction of sp³-hybridized carbons (Fsp3) is 0. The first-order valence-corrected chi connectivity index (χ1v) is 16.1. The predicted octanol–water partition coefficient (Wildman–Crippen LogP) is 12.1. The van der Waals surface area contributed by atoms with Crippen LogP contribution in [-0.4, -0.2) is 9.55 Å². The van der Waals surface area contributed by atoms with Crippen molar-refractivity contribution in [2.45, 2.75) is 0 Å². The maximum Gasteiger partial charge on any atom is 0.0794 e. The lowest BCUT2D eigenvalue weighted by molar-refractivity contribution is 1.18. The van der Waals surface area contributed by atoms with Gasteiger partial charge in [0.2, 0.25) is 0 Å². The highest BCUT2D eigenvalue weighted by Gasteiger charge is 2.18. The zero-order valence-electron chi connectivity index (χ0n) is 25.6. The molecule has 0 N–H and O–H groups in total. The van der Waals surface area contributed by atoms with Gasteiger partial charge in [-0.15, -0.1) is 0 Å². The van der Waals surface area contributed by atoms with Crippen LogP contribution in [-0.2, 0) is 0 Å². The predicted molar refractivity (Wildman–Crippen MR) is 199 cm³/mol. The normalized spacial score (nSPS) is 11.8. The Labute approximate surface area is 271 Å². The Kier molecular flexibility index (Phi) is 5.61. The van der Waals surface area contributed by atoms with Gasteiger partial charge in [-0.1, -0.05) is 133 Å². The summed E-state index contributed by atoms with van der Waals surface area (Å²) in [5.74, 6) is 0. The molecular weight excluding hydrogens is 569 g/mol. The third-order valence-corrected chi connectivity index (χ3v) is 9.75. The highest BCUT2D eigenvalue weighted by molar-refractivity contribution is 6.33. The number of hydrogen-bond donors (Lipinski definition) is 0. The smallest absolute Gasteiger partial charge is 0.0794 e. The number of fused-ring (bicyclic) bond motifs is 11. The van der Waals surface area contributed by atoms with E-state index in [2.05, 4.69) is 174 Å². The summed E-state index contributed by atoms with van der Waals surface area (Å²) in [4.78, 5) is 5.37. The van der Waals surface area contributed by atoms with E-state index in [-0.39, 0.29) is 0 Å². The fourth-order valence-corrected chi connectivity index (χ4v) is 7.68. The molecule has 0 aliphatic rings. The number of benzene rings is 8. The number of nitrogens with zero attached hydrogens (tertiary/aromatic N) is 2. The maximum atomic E-state index is 5.37. The van der Waals surface area contributed by atoms with Gasteiger partial charge in [0.15, 0.2) is 0 Å². The molecule has 0 radical (unpaired) electrons. The number of aromatic nitrogens is 2. The Morgan fingerprint density at radius 2 is 0.851 bits per heavy atom. The highest BCUT2D eigenvalue weighted by atomic mass is 15.0. The summed E-state index contributed by atoms with van der Waals surface area (Å²) >= 11 is 0. The summed E-state index contributed by atoms with van der Waals surface area (Å²) in [5, 5.41) is 11.2. The van der Waals surface area contributed by atoms with Crippen molar-refractivity contribution in [2.75, 3.05) is 0 Å². The number of rotatable bonds is 3. The lowest BCUT2D eigenvalue weighted by Gasteiger charge is -2.16. The Morgan fingerprint density at radius 3 is 1.51 bits per heavy atom. The van der Waals surface area contributed by atoms with Gasteiger partial charge in [-0.05, 0) is 69.1 Å². The second-order valence-corrected chi connectivity index (χ2v) is 12.3. The van der Waals surface area contributed by atoms with E-state index >= 15 is 0 Å². The number of para-hydroxylation sites is 3. The van der Waals surface area contributed by atoms with Crippen LogP contribution >= 0.6 is 0 Å². The highest BCUT2D eigenvalue weighted by Crippen LogP contribution is 2.43. The number of pyridine rings is 1. The van der Waals surface area contributed by atoms with Gasteiger partial charge < -0.3 is 4.57 Å². The Hall–Kier alpha value is -6.25. The Balaban J connectivity index is 1.17. The minimum Gasteiger partial charge on any atom is -0.309 e.